The number of hydrogen-bond donors (Lipinski definition) is 0. The summed E-state index contributed by atoms with van der Waals surface area (Å²) in [5, 5.41) is 0. The zero-order valence-corrected chi connectivity index (χ0v) is 8.73. The number of azide groups is 1. The van der Waals surface area contributed by atoms with Gasteiger partial charge in [-0.05, 0) is 23.7 Å². The van der Waals surface area contributed by atoms with Crippen molar-refractivity contribution in [2.75, 3.05) is 0 Å². The molecule has 0 saturated heterocycles. The van der Waals surface area contributed by atoms with Crippen molar-refractivity contribution in [1.29, 1.82) is 0 Å². The first kappa shape index (κ1) is 13.1. The van der Waals surface area contributed by atoms with Gasteiger partial charge in [0, 0.05) is 9.43 Å². The number of benzene rings is 1. The van der Waals surface area contributed by atoms with Gasteiger partial charge in [-0.3, -0.25) is 0 Å². The quantitative estimate of drug-likeness (QED) is 0.478. The first-order valence-corrected chi connectivity index (χ1v) is 5.36. The molecule has 0 aliphatic rings. The molecule has 1 rings (SSSR count). The minimum absolute atomic E-state index is 0.586. The molecule has 0 aromatic heterocycles. The van der Waals surface area contributed by atoms with Crippen LogP contribution in [-0.2, 0) is 10.0 Å². The summed E-state index contributed by atoms with van der Waals surface area (Å²) in [6.07, 6.45) is -4.93. The Bertz CT molecular complexity index is 563. The van der Waals surface area contributed by atoms with Gasteiger partial charge in [0.15, 0.2) is 0 Å². The Balaban J connectivity index is 3.15. The Morgan fingerprint density at radius 1 is 1.35 bits per heavy atom. The van der Waals surface area contributed by atoms with Gasteiger partial charge < -0.3 is 4.74 Å². The third-order valence-corrected chi connectivity index (χ3v) is 2.62. The van der Waals surface area contributed by atoms with Crippen LogP contribution in [0.4, 0.5) is 13.2 Å². The Labute approximate surface area is 93.3 Å². The van der Waals surface area contributed by atoms with Gasteiger partial charge in [-0.25, -0.2) is 8.42 Å². The first-order chi connectivity index (χ1) is 7.74. The zero-order chi connectivity index (χ0) is 13.1. The third kappa shape index (κ3) is 3.85. The van der Waals surface area contributed by atoms with E-state index in [1.165, 1.54) is 0 Å². The lowest BCUT2D eigenvalue weighted by Crippen LogP contribution is -2.17. The van der Waals surface area contributed by atoms with Crippen molar-refractivity contribution in [2.45, 2.75) is 11.3 Å². The number of rotatable bonds is 3. The van der Waals surface area contributed by atoms with Crippen molar-refractivity contribution in [3.8, 4) is 5.75 Å². The van der Waals surface area contributed by atoms with Crippen LogP contribution in [-0.4, -0.2) is 14.8 Å². The molecule has 0 atom stereocenters. The monoisotopic (exact) mass is 267 g/mol. The smallest absolute Gasteiger partial charge is 0.406 e. The van der Waals surface area contributed by atoms with Crippen LogP contribution in [0.25, 0.3) is 10.4 Å². The molecule has 0 heterocycles. The van der Waals surface area contributed by atoms with E-state index < -0.39 is 27.0 Å². The minimum Gasteiger partial charge on any atom is -0.406 e. The second-order valence-corrected chi connectivity index (χ2v) is 4.25. The van der Waals surface area contributed by atoms with E-state index in [0.29, 0.717) is 6.07 Å². The van der Waals surface area contributed by atoms with Gasteiger partial charge in [-0.15, -0.1) is 13.2 Å². The fourth-order valence-electron chi connectivity index (χ4n) is 0.927. The maximum Gasteiger partial charge on any atom is 0.573 e. The molecule has 17 heavy (non-hydrogen) atoms. The number of nitrogens with zero attached hydrogens (tertiary/aromatic N) is 3. The third-order valence-electron chi connectivity index (χ3n) is 1.48. The van der Waals surface area contributed by atoms with E-state index in [2.05, 4.69) is 14.2 Å². The van der Waals surface area contributed by atoms with E-state index in [-0.39, 0.29) is 0 Å². The lowest BCUT2D eigenvalue weighted by molar-refractivity contribution is -0.274. The van der Waals surface area contributed by atoms with Crippen LogP contribution in [0.5, 0.6) is 5.75 Å². The van der Waals surface area contributed by atoms with E-state index in [0.717, 1.165) is 18.2 Å². The normalized spacial score (nSPS) is 11.7. The summed E-state index contributed by atoms with van der Waals surface area (Å²) < 4.78 is 64.0. The molecule has 0 radical (unpaired) electrons. The summed E-state index contributed by atoms with van der Waals surface area (Å²) in [7, 11) is -4.33. The molecule has 0 amide bonds. The molecule has 0 bridgehead atoms. The van der Waals surface area contributed by atoms with E-state index in [4.69, 9.17) is 5.53 Å². The predicted molar refractivity (Wildman–Crippen MR) is 49.5 cm³/mol. The molecule has 1 aromatic carbocycles. The highest BCUT2D eigenvalue weighted by molar-refractivity contribution is 7.90. The molecule has 0 spiro atoms. The number of halogens is 3. The predicted octanol–water partition coefficient (Wildman–Crippen LogP) is 2.58. The van der Waals surface area contributed by atoms with Crippen LogP contribution in [0.3, 0.4) is 0 Å². The molecule has 0 unspecified atom stereocenters. The van der Waals surface area contributed by atoms with Gasteiger partial charge >= 0.3 is 6.36 Å². The van der Waals surface area contributed by atoms with Crippen LogP contribution in [0.1, 0.15) is 0 Å². The van der Waals surface area contributed by atoms with Gasteiger partial charge in [-0.2, -0.15) is 0 Å². The van der Waals surface area contributed by atoms with Gasteiger partial charge in [0.05, 0.1) is 4.90 Å². The molecule has 0 fully saturated rings. The van der Waals surface area contributed by atoms with Crippen LogP contribution in [0, 0.1) is 0 Å². The summed E-state index contributed by atoms with van der Waals surface area (Å²) in [5.74, 6) is -0.716. The average molecular weight is 267 g/mol. The second-order valence-electron chi connectivity index (χ2n) is 2.67. The number of ether oxygens (including phenoxy) is 1. The summed E-state index contributed by atoms with van der Waals surface area (Å²) in [4.78, 5) is 1.48. The van der Waals surface area contributed by atoms with Crippen molar-refractivity contribution in [3.05, 3.63) is 34.7 Å². The highest BCUT2D eigenvalue weighted by atomic mass is 32.2. The molecule has 6 nitrogen and oxygen atoms in total. The molecule has 0 N–H and O–H groups in total. The molecule has 0 aliphatic heterocycles. The fraction of sp³-hybridized carbons (Fsp3) is 0.143. The van der Waals surface area contributed by atoms with E-state index in [9.17, 15) is 21.6 Å². The maximum atomic E-state index is 11.9. The summed E-state index contributed by atoms with van der Waals surface area (Å²) in [6.45, 7) is 0. The number of hydrogen-bond acceptors (Lipinski definition) is 3. The van der Waals surface area contributed by atoms with Gasteiger partial charge in [0.25, 0.3) is 10.0 Å². The maximum absolute atomic E-state index is 11.9. The molecule has 1 aromatic rings. The standard InChI is InChI=1S/C7H4F3N3O3S/c8-7(9,10)16-5-2-1-3-6(4-5)17(14,15)13-12-11/h1-4H. The molecule has 92 valence electrons. The molecular weight excluding hydrogens is 263 g/mol. The van der Waals surface area contributed by atoms with Crippen LogP contribution >= 0.6 is 0 Å². The second kappa shape index (κ2) is 4.52. The Morgan fingerprint density at radius 2 is 2.00 bits per heavy atom. The Morgan fingerprint density at radius 3 is 2.53 bits per heavy atom. The van der Waals surface area contributed by atoms with Crippen molar-refractivity contribution in [2.24, 2.45) is 4.52 Å². The summed E-state index contributed by atoms with van der Waals surface area (Å²) >= 11 is 0. The van der Waals surface area contributed by atoms with Crippen LogP contribution < -0.4 is 4.74 Å². The number of sulfonamides is 1. The summed E-state index contributed by atoms with van der Waals surface area (Å²) in [6, 6.07) is 3.54. The minimum atomic E-state index is -4.93. The number of alkyl halides is 3. The lowest BCUT2D eigenvalue weighted by Gasteiger charge is -2.09. The molecule has 0 saturated carbocycles. The SMILES string of the molecule is [N-]=[N+]=NS(=O)(=O)c1cccc(OC(F)(F)F)c1. The molecule has 10 heteroatoms. The Hall–Kier alpha value is -1.93. The zero-order valence-electron chi connectivity index (χ0n) is 7.92. The van der Waals surface area contributed by atoms with Crippen LogP contribution in [0.15, 0.2) is 33.7 Å². The molecule has 0 aliphatic carbocycles. The van der Waals surface area contributed by atoms with Crippen LogP contribution in [0.2, 0.25) is 0 Å². The summed E-state index contributed by atoms with van der Waals surface area (Å²) in [5.41, 5.74) is 7.99. The Kier molecular flexibility index (Phi) is 3.49. The van der Waals surface area contributed by atoms with Crippen molar-refractivity contribution >= 4 is 10.0 Å². The highest BCUT2D eigenvalue weighted by Gasteiger charge is 2.31. The fourth-order valence-corrected chi connectivity index (χ4v) is 1.63. The average Bonchev–Trinajstić information content (AvgIpc) is 2.15. The van der Waals surface area contributed by atoms with Crippen molar-refractivity contribution in [1.82, 2.24) is 0 Å². The van der Waals surface area contributed by atoms with E-state index >= 15 is 0 Å². The van der Waals surface area contributed by atoms with E-state index in [1.54, 1.807) is 0 Å². The van der Waals surface area contributed by atoms with E-state index in [1.807, 2.05) is 0 Å². The van der Waals surface area contributed by atoms with Crippen molar-refractivity contribution < 1.29 is 26.3 Å². The van der Waals surface area contributed by atoms with Gasteiger partial charge in [0.1, 0.15) is 5.75 Å². The first-order valence-electron chi connectivity index (χ1n) is 3.92. The largest absolute Gasteiger partial charge is 0.573 e. The lowest BCUT2D eigenvalue weighted by atomic mass is 10.3. The highest BCUT2D eigenvalue weighted by Crippen LogP contribution is 2.25. The molecular formula is C7H4F3N3O3S. The topological polar surface area (TPSA) is 92.1 Å². The van der Waals surface area contributed by atoms with Crippen molar-refractivity contribution in [3.63, 3.8) is 0 Å². The van der Waals surface area contributed by atoms with Gasteiger partial charge in [-0.1, -0.05) is 6.07 Å². The van der Waals surface area contributed by atoms with Gasteiger partial charge in [0.2, 0.25) is 0 Å².